The molecule has 0 bridgehead atoms. The van der Waals surface area contributed by atoms with Gasteiger partial charge < -0.3 is 5.32 Å². The van der Waals surface area contributed by atoms with Gasteiger partial charge in [0, 0.05) is 25.2 Å². The molecule has 0 aliphatic carbocycles. The van der Waals surface area contributed by atoms with E-state index in [1.807, 2.05) is 57.2 Å². The molecule has 0 saturated heterocycles. The van der Waals surface area contributed by atoms with Crippen molar-refractivity contribution >= 4 is 27.8 Å². The quantitative estimate of drug-likeness (QED) is 0.499. The molecule has 2 aromatic carbocycles. The number of aromatic nitrogens is 2. The third-order valence-corrected chi connectivity index (χ3v) is 7.04. The number of sulfonamides is 1. The fourth-order valence-electron chi connectivity index (χ4n) is 3.33. The Labute approximate surface area is 189 Å². The van der Waals surface area contributed by atoms with E-state index in [-0.39, 0.29) is 10.8 Å². The summed E-state index contributed by atoms with van der Waals surface area (Å²) in [6, 6.07) is 18.2. The van der Waals surface area contributed by atoms with Crippen LogP contribution in [-0.4, -0.2) is 41.5 Å². The van der Waals surface area contributed by atoms with Gasteiger partial charge in [0.05, 0.1) is 17.1 Å². The first-order valence-corrected chi connectivity index (χ1v) is 11.9. The SMILES string of the molecule is CCN(CC)S(=O)(=O)c1ccc(/C=C/C(=O)Nc2cc(C)nn2Cc2ccccc2)cc1. The van der Waals surface area contributed by atoms with Crippen molar-refractivity contribution in [2.45, 2.75) is 32.2 Å². The molecule has 0 unspecified atom stereocenters. The van der Waals surface area contributed by atoms with Crippen molar-refractivity contribution in [3.63, 3.8) is 0 Å². The van der Waals surface area contributed by atoms with Gasteiger partial charge in [0.1, 0.15) is 5.82 Å². The van der Waals surface area contributed by atoms with Gasteiger partial charge in [-0.15, -0.1) is 0 Å². The average molecular weight is 453 g/mol. The number of hydrogen-bond donors (Lipinski definition) is 1. The highest BCUT2D eigenvalue weighted by atomic mass is 32.2. The number of hydrogen-bond acceptors (Lipinski definition) is 4. The highest BCUT2D eigenvalue weighted by molar-refractivity contribution is 7.89. The molecule has 0 aliphatic rings. The van der Waals surface area contributed by atoms with E-state index in [0.717, 1.165) is 16.8 Å². The molecule has 0 aliphatic heterocycles. The van der Waals surface area contributed by atoms with Crippen LogP contribution in [0.5, 0.6) is 0 Å². The van der Waals surface area contributed by atoms with Crippen LogP contribution in [-0.2, 0) is 21.4 Å². The van der Waals surface area contributed by atoms with Crippen LogP contribution in [0.25, 0.3) is 6.08 Å². The van der Waals surface area contributed by atoms with E-state index in [4.69, 9.17) is 0 Å². The Morgan fingerprint density at radius 3 is 2.34 bits per heavy atom. The van der Waals surface area contributed by atoms with Gasteiger partial charge in [0.15, 0.2) is 0 Å². The number of benzene rings is 2. The van der Waals surface area contributed by atoms with Crippen molar-refractivity contribution in [3.05, 3.63) is 83.6 Å². The first-order chi connectivity index (χ1) is 15.3. The van der Waals surface area contributed by atoms with Gasteiger partial charge in [0.2, 0.25) is 15.9 Å². The zero-order chi connectivity index (χ0) is 23.1. The largest absolute Gasteiger partial charge is 0.307 e. The van der Waals surface area contributed by atoms with Crippen LogP contribution in [0.2, 0.25) is 0 Å². The van der Waals surface area contributed by atoms with Gasteiger partial charge in [-0.25, -0.2) is 13.1 Å². The minimum atomic E-state index is -3.50. The molecule has 1 aromatic heterocycles. The van der Waals surface area contributed by atoms with Crippen molar-refractivity contribution in [2.75, 3.05) is 18.4 Å². The van der Waals surface area contributed by atoms with E-state index < -0.39 is 10.0 Å². The van der Waals surface area contributed by atoms with Crippen LogP contribution in [0, 0.1) is 6.92 Å². The molecular formula is C24H28N4O3S. The second-order valence-electron chi connectivity index (χ2n) is 7.30. The van der Waals surface area contributed by atoms with Crippen LogP contribution in [0.4, 0.5) is 5.82 Å². The summed E-state index contributed by atoms with van der Waals surface area (Å²) in [5, 5.41) is 7.31. The lowest BCUT2D eigenvalue weighted by Gasteiger charge is -2.18. The van der Waals surface area contributed by atoms with Crippen LogP contribution in [0.1, 0.15) is 30.7 Å². The summed E-state index contributed by atoms with van der Waals surface area (Å²) in [4.78, 5) is 12.7. The molecule has 3 aromatic rings. The number of anilines is 1. The Bertz CT molecular complexity index is 1180. The minimum absolute atomic E-state index is 0.239. The van der Waals surface area contributed by atoms with Crippen molar-refractivity contribution < 1.29 is 13.2 Å². The van der Waals surface area contributed by atoms with Crippen molar-refractivity contribution in [1.29, 1.82) is 0 Å². The second kappa shape index (κ2) is 10.4. The summed E-state index contributed by atoms with van der Waals surface area (Å²) in [6.07, 6.45) is 3.07. The number of nitrogens with zero attached hydrogens (tertiary/aromatic N) is 3. The molecule has 7 nitrogen and oxygen atoms in total. The van der Waals surface area contributed by atoms with E-state index in [2.05, 4.69) is 10.4 Å². The van der Waals surface area contributed by atoms with E-state index >= 15 is 0 Å². The molecule has 3 rings (SSSR count). The maximum Gasteiger partial charge on any atom is 0.249 e. The Balaban J connectivity index is 1.68. The van der Waals surface area contributed by atoms with Gasteiger partial charge in [-0.2, -0.15) is 9.40 Å². The third kappa shape index (κ3) is 5.72. The van der Waals surface area contributed by atoms with Gasteiger partial charge >= 0.3 is 0 Å². The summed E-state index contributed by atoms with van der Waals surface area (Å²) < 4.78 is 28.3. The number of aryl methyl sites for hydroxylation is 1. The molecule has 0 fully saturated rings. The highest BCUT2D eigenvalue weighted by Crippen LogP contribution is 2.17. The molecule has 0 spiro atoms. The molecule has 1 amide bonds. The lowest BCUT2D eigenvalue weighted by molar-refractivity contribution is -0.111. The van der Waals surface area contributed by atoms with E-state index in [1.54, 1.807) is 35.0 Å². The number of nitrogens with one attached hydrogen (secondary N) is 1. The van der Waals surface area contributed by atoms with Crippen LogP contribution in [0.15, 0.2) is 71.6 Å². The lowest BCUT2D eigenvalue weighted by Crippen LogP contribution is -2.30. The van der Waals surface area contributed by atoms with Gasteiger partial charge in [-0.3, -0.25) is 4.79 Å². The lowest BCUT2D eigenvalue weighted by atomic mass is 10.2. The number of amides is 1. The second-order valence-corrected chi connectivity index (χ2v) is 9.23. The normalized spacial score (nSPS) is 11.9. The van der Waals surface area contributed by atoms with Crippen LogP contribution in [0.3, 0.4) is 0 Å². The molecule has 168 valence electrons. The summed E-state index contributed by atoms with van der Waals surface area (Å²) in [5.74, 6) is 0.320. The standard InChI is InChI=1S/C24H28N4O3S/c1-4-27(5-2)32(30,31)22-14-11-20(12-15-22)13-16-24(29)25-23-17-19(3)26-28(23)18-21-9-7-6-8-10-21/h6-17H,4-5,18H2,1-3H3,(H,25,29)/b16-13+. The smallest absolute Gasteiger partial charge is 0.249 e. The van der Waals surface area contributed by atoms with E-state index in [9.17, 15) is 13.2 Å². The zero-order valence-corrected chi connectivity index (χ0v) is 19.3. The Morgan fingerprint density at radius 2 is 1.72 bits per heavy atom. The Kier molecular flexibility index (Phi) is 7.61. The number of carbonyl (C=O) groups excluding carboxylic acids is 1. The van der Waals surface area contributed by atoms with Crippen molar-refractivity contribution in [1.82, 2.24) is 14.1 Å². The highest BCUT2D eigenvalue weighted by Gasteiger charge is 2.20. The van der Waals surface area contributed by atoms with Crippen molar-refractivity contribution in [2.24, 2.45) is 0 Å². The maximum absolute atomic E-state index is 12.6. The molecule has 1 N–H and O–H groups in total. The molecule has 1 heterocycles. The first kappa shape index (κ1) is 23.4. The molecule has 32 heavy (non-hydrogen) atoms. The fraction of sp³-hybridized carbons (Fsp3) is 0.250. The minimum Gasteiger partial charge on any atom is -0.307 e. The maximum atomic E-state index is 12.6. The topological polar surface area (TPSA) is 84.3 Å². The fourth-order valence-corrected chi connectivity index (χ4v) is 4.78. The third-order valence-electron chi connectivity index (χ3n) is 4.98. The molecule has 0 saturated carbocycles. The molecule has 0 radical (unpaired) electrons. The van der Waals surface area contributed by atoms with Gasteiger partial charge in [-0.1, -0.05) is 56.3 Å². The predicted molar refractivity (Wildman–Crippen MR) is 127 cm³/mol. The Morgan fingerprint density at radius 1 is 1.06 bits per heavy atom. The molecule has 8 heteroatoms. The number of rotatable bonds is 9. The average Bonchev–Trinajstić information content (AvgIpc) is 3.12. The van der Waals surface area contributed by atoms with Gasteiger partial charge in [0.25, 0.3) is 0 Å². The van der Waals surface area contributed by atoms with E-state index in [0.29, 0.717) is 25.5 Å². The summed E-state index contributed by atoms with van der Waals surface area (Å²) in [6.45, 7) is 6.88. The summed E-state index contributed by atoms with van der Waals surface area (Å²) in [7, 11) is -3.50. The summed E-state index contributed by atoms with van der Waals surface area (Å²) >= 11 is 0. The van der Waals surface area contributed by atoms with Crippen LogP contribution >= 0.6 is 0 Å². The monoisotopic (exact) mass is 452 g/mol. The van der Waals surface area contributed by atoms with Gasteiger partial charge in [-0.05, 0) is 36.3 Å². The van der Waals surface area contributed by atoms with Crippen molar-refractivity contribution in [3.8, 4) is 0 Å². The first-order valence-electron chi connectivity index (χ1n) is 10.5. The zero-order valence-electron chi connectivity index (χ0n) is 18.5. The predicted octanol–water partition coefficient (Wildman–Crippen LogP) is 3.92. The molecular weight excluding hydrogens is 424 g/mol. The Hall–Kier alpha value is -3.23. The molecule has 0 atom stereocenters. The number of carbonyl (C=O) groups is 1. The van der Waals surface area contributed by atoms with Crippen LogP contribution < -0.4 is 5.32 Å². The van der Waals surface area contributed by atoms with E-state index in [1.165, 1.54) is 10.4 Å². The summed E-state index contributed by atoms with van der Waals surface area (Å²) in [5.41, 5.74) is 2.62.